The molecule has 6 N–H and O–H groups in total. The molecule has 0 saturated heterocycles. The number of benzene rings is 7. The largest absolute Gasteiger partial charge is 0.465 e. The standard InChI is InChI=1S/C24H19ClN4O4.C16H12BrClN4O3.C14H18ClNO4.C13H16ClNO4.C9H10ClNO2.C8H8ClNO2/c1-28(20-8-7-17(25)12-18(20)24(32)33-2)23(31)16-9-10-29-21(11-16)19(13-27-29)14-3-5-15(6-4-14)22(26)30;1-21(13-4-3-9(18)5-10(13)16(24)25-2)15(23)12-6-14-11(17)7-20-22(14)8-19-12;1-14(2,3)20-13(18)16(4)11-7-6-9(15)8-10(11)12(17)19-5;1-13(2,3)19-12(17)15-10-6-5-8(14)7-9(10)11(16)18-4;1-11-8-4-3-6(10)5-7(8)9(12)13-2;1-12-8(11)6-4-5(9)2-3-7(6)10/h3-13H,1-2H3,(H2,26,30);3-8H,1-2H3;6-8H,1-5H3;5-7H,1-4H3,(H,15,17);3-5,11H,1-2H3;2-4H,10H2,1H3. The summed E-state index contributed by atoms with van der Waals surface area (Å²) in [6.07, 6.45) is 5.21. The molecule has 0 bridgehead atoms. The summed E-state index contributed by atoms with van der Waals surface area (Å²) >= 11 is 38.4. The van der Waals surface area contributed by atoms with Crippen LogP contribution in [0.2, 0.25) is 30.1 Å². The fraction of sp³-hybridized carbons (Fsp3) is 0.214. The van der Waals surface area contributed by atoms with Gasteiger partial charge in [0.15, 0.2) is 0 Å². The number of nitrogen functional groups attached to an aromatic ring is 1. The van der Waals surface area contributed by atoms with Crippen molar-refractivity contribution in [3.05, 3.63) is 261 Å². The molecule has 0 saturated carbocycles. The predicted octanol–water partition coefficient (Wildman–Crippen LogP) is 17.9. The van der Waals surface area contributed by atoms with Crippen LogP contribution in [0.15, 0.2) is 181 Å². The van der Waals surface area contributed by atoms with Gasteiger partial charge in [0.05, 0.1) is 127 Å². The minimum Gasteiger partial charge on any atom is -0.465 e. The first-order chi connectivity index (χ1) is 57.4. The number of nitrogens with zero attached hydrogens (tertiary/aromatic N) is 8. The van der Waals surface area contributed by atoms with E-state index in [1.807, 2.05) is 0 Å². The van der Waals surface area contributed by atoms with Crippen molar-refractivity contribution in [3.63, 3.8) is 0 Å². The molecule has 4 heterocycles. The van der Waals surface area contributed by atoms with Crippen LogP contribution < -0.4 is 36.8 Å². The molecular weight excluding hydrogens is 1770 g/mol. The van der Waals surface area contributed by atoms with Crippen molar-refractivity contribution < 1.29 is 90.6 Å². The summed E-state index contributed by atoms with van der Waals surface area (Å²) in [4.78, 5) is 139. The Hall–Kier alpha value is -12.6. The third-order valence-corrected chi connectivity index (χ3v) is 18.4. The lowest BCUT2D eigenvalue weighted by Crippen LogP contribution is -2.35. The number of rotatable bonds is 15. The Morgan fingerprint density at radius 1 is 0.434 bits per heavy atom. The van der Waals surface area contributed by atoms with Crippen LogP contribution in [-0.4, -0.2) is 172 Å². The van der Waals surface area contributed by atoms with Gasteiger partial charge in [0.2, 0.25) is 5.91 Å². The number of carbonyl (C=O) groups excluding carboxylic acids is 11. The number of pyridine rings is 1. The maximum absolute atomic E-state index is 13.3. The SMILES string of the molecule is CNc1ccc(Cl)cc1C(=O)OC.COC(=O)c1cc(Cl)ccc1N.COC(=O)c1cc(Cl)ccc1N(C)C(=O)OC(C)(C)C.COC(=O)c1cc(Cl)ccc1N(C)C(=O)c1cc2c(Br)cnn2cn1.COC(=O)c1cc(Cl)ccc1N(C)C(=O)c1ccn2ncc(-c3ccc(C(N)=O)cc3)c2c1.COC(=O)c1cc(Cl)ccc1NC(=O)OC(C)(C)C. The fourth-order valence-electron chi connectivity index (χ4n) is 10.5. The lowest BCUT2D eigenvalue weighted by molar-refractivity contribution is 0.0573. The number of halogens is 7. The molecule has 31 nitrogen and oxygen atoms in total. The molecule has 0 atom stereocenters. The smallest absolute Gasteiger partial charge is 0.414 e. The Morgan fingerprint density at radius 3 is 1.28 bits per heavy atom. The number of nitrogens with one attached hydrogen (secondary N) is 2. The second-order valence-corrected chi connectivity index (χ2v) is 30.5. The second-order valence-electron chi connectivity index (χ2n) is 27.0. The number of nitrogens with two attached hydrogens (primary N) is 2. The summed E-state index contributed by atoms with van der Waals surface area (Å²) in [5.41, 5.74) is 17.5. The third-order valence-electron chi connectivity index (χ3n) is 16.4. The molecule has 0 aliphatic carbocycles. The van der Waals surface area contributed by atoms with Gasteiger partial charge in [0, 0.05) is 92.6 Å². The highest BCUT2D eigenvalue weighted by Crippen LogP contribution is 2.33. The summed E-state index contributed by atoms with van der Waals surface area (Å²) in [7, 11) is 14.0. The van der Waals surface area contributed by atoms with Crippen molar-refractivity contribution in [2.75, 3.05) is 102 Å². The van der Waals surface area contributed by atoms with E-state index >= 15 is 0 Å². The van der Waals surface area contributed by atoms with Crippen LogP contribution in [0.3, 0.4) is 0 Å². The number of methoxy groups -OCH3 is 6. The molecule has 38 heteroatoms. The van der Waals surface area contributed by atoms with Gasteiger partial charge in [0.1, 0.15) is 23.2 Å². The quantitative estimate of drug-likeness (QED) is 0.0421. The zero-order valence-corrected chi connectivity index (χ0v) is 74.5. The van der Waals surface area contributed by atoms with E-state index in [9.17, 15) is 52.7 Å². The first-order valence-corrected chi connectivity index (χ1v) is 38.6. The Morgan fingerprint density at radius 2 is 0.828 bits per heavy atom. The fourth-order valence-corrected chi connectivity index (χ4v) is 11.9. The number of aromatic nitrogens is 5. The average Bonchev–Trinajstić information content (AvgIpc) is 1.58. The molecule has 11 aromatic rings. The molecule has 122 heavy (non-hydrogen) atoms. The van der Waals surface area contributed by atoms with E-state index in [2.05, 4.69) is 60.7 Å². The van der Waals surface area contributed by atoms with Gasteiger partial charge < -0.3 is 64.5 Å². The number of anilines is 6. The molecule has 4 aromatic heterocycles. The lowest BCUT2D eigenvalue weighted by atomic mass is 10.0. The van der Waals surface area contributed by atoms with Crippen LogP contribution in [0.25, 0.3) is 22.2 Å². The van der Waals surface area contributed by atoms with Crippen LogP contribution >= 0.6 is 85.5 Å². The van der Waals surface area contributed by atoms with Crippen molar-refractivity contribution in [2.45, 2.75) is 52.7 Å². The van der Waals surface area contributed by atoms with Crippen molar-refractivity contribution in [1.82, 2.24) is 24.2 Å². The topological polar surface area (TPSA) is 395 Å². The number of carbonyl (C=O) groups is 11. The zero-order chi connectivity index (χ0) is 90.9. The monoisotopic (exact) mass is 1850 g/mol. The minimum atomic E-state index is -0.653. The van der Waals surface area contributed by atoms with Crippen molar-refractivity contribution >= 4 is 196 Å². The molecule has 7 aromatic carbocycles. The van der Waals surface area contributed by atoms with Gasteiger partial charge in [-0.15, -0.1) is 0 Å². The van der Waals surface area contributed by atoms with Crippen LogP contribution in [0, 0.1) is 0 Å². The first-order valence-electron chi connectivity index (χ1n) is 35.5. The molecular formula is C84H83BrCl6N12O19. The summed E-state index contributed by atoms with van der Waals surface area (Å²) in [6.45, 7) is 10.5. The van der Waals surface area contributed by atoms with E-state index in [1.54, 1.807) is 206 Å². The van der Waals surface area contributed by atoms with Crippen molar-refractivity contribution in [2.24, 2.45) is 5.73 Å². The first kappa shape index (κ1) is 98.3. The molecule has 5 amide bonds. The van der Waals surface area contributed by atoms with Gasteiger partial charge in [0.25, 0.3) is 11.8 Å². The molecule has 0 radical (unpaired) electrons. The highest BCUT2D eigenvalue weighted by molar-refractivity contribution is 9.10. The normalized spacial score (nSPS) is 10.5. The number of hydrogen-bond acceptors (Lipinski definition) is 24. The Balaban J connectivity index is 0.000000234. The molecule has 0 fully saturated rings. The Labute approximate surface area is 739 Å². The molecule has 0 aliphatic heterocycles. The zero-order valence-electron chi connectivity index (χ0n) is 68.4. The van der Waals surface area contributed by atoms with Crippen LogP contribution in [0.5, 0.6) is 0 Å². The minimum absolute atomic E-state index is 0.167. The van der Waals surface area contributed by atoms with Gasteiger partial charge in [-0.25, -0.2) is 52.4 Å². The van der Waals surface area contributed by atoms with Gasteiger partial charge in [-0.1, -0.05) is 81.7 Å². The molecule has 0 aliphatic rings. The Bertz CT molecular complexity index is 5720. The average molecular weight is 1860 g/mol. The van der Waals surface area contributed by atoms with E-state index in [4.69, 9.17) is 100 Å². The van der Waals surface area contributed by atoms with E-state index in [0.717, 1.165) is 15.6 Å². The van der Waals surface area contributed by atoms with E-state index in [1.165, 1.54) is 107 Å². The summed E-state index contributed by atoms with van der Waals surface area (Å²) in [6, 6.07) is 39.8. The van der Waals surface area contributed by atoms with Gasteiger partial charge in [-0.2, -0.15) is 10.2 Å². The number of primary amides is 1. The summed E-state index contributed by atoms with van der Waals surface area (Å²) in [5, 5.41) is 16.2. The van der Waals surface area contributed by atoms with Gasteiger partial charge in [-0.3, -0.25) is 24.6 Å². The van der Waals surface area contributed by atoms with Crippen LogP contribution in [0.1, 0.15) is 135 Å². The van der Waals surface area contributed by atoms with Crippen molar-refractivity contribution in [3.8, 4) is 11.1 Å². The van der Waals surface area contributed by atoms with Crippen LogP contribution in [-0.2, 0) is 37.9 Å². The maximum atomic E-state index is 13.3. The highest BCUT2D eigenvalue weighted by atomic mass is 79.9. The second kappa shape index (κ2) is 44.6. The molecule has 11 rings (SSSR count). The number of amides is 5. The number of hydrogen-bond donors (Lipinski definition) is 4. The third kappa shape index (κ3) is 27.2. The maximum Gasteiger partial charge on any atom is 0.414 e. The highest BCUT2D eigenvalue weighted by Gasteiger charge is 2.28. The van der Waals surface area contributed by atoms with Crippen LogP contribution in [0.4, 0.5) is 43.7 Å². The molecule has 642 valence electrons. The number of fused-ring (bicyclic) bond motifs is 2. The van der Waals surface area contributed by atoms with Gasteiger partial charge >= 0.3 is 48.0 Å². The predicted molar refractivity (Wildman–Crippen MR) is 471 cm³/mol. The number of ether oxygens (including phenoxy) is 8. The van der Waals surface area contributed by atoms with Gasteiger partial charge in [-0.05, 0) is 203 Å². The van der Waals surface area contributed by atoms with E-state index in [-0.39, 0.29) is 45.4 Å². The van der Waals surface area contributed by atoms with Crippen molar-refractivity contribution in [1.29, 1.82) is 0 Å². The lowest BCUT2D eigenvalue weighted by Gasteiger charge is -2.25. The summed E-state index contributed by atoms with van der Waals surface area (Å²) in [5.74, 6) is -4.44. The summed E-state index contributed by atoms with van der Waals surface area (Å²) < 4.78 is 42.3. The molecule has 0 spiro atoms. The number of esters is 6. The van der Waals surface area contributed by atoms with E-state index < -0.39 is 65.1 Å². The molecule has 0 unspecified atom stereocenters. The Kier molecular flexibility index (Phi) is 36.0. The van der Waals surface area contributed by atoms with E-state index in [0.29, 0.717) is 91.9 Å².